The number of aliphatic hydroxyl groups is 1. The van der Waals surface area contributed by atoms with Crippen molar-refractivity contribution in [2.24, 2.45) is 7.05 Å². The van der Waals surface area contributed by atoms with E-state index < -0.39 is 29.6 Å². The second-order valence-corrected chi connectivity index (χ2v) is 5.02. The molecule has 1 aromatic rings. The maximum Gasteiger partial charge on any atom is 0.314 e. The Morgan fingerprint density at radius 1 is 1.53 bits per heavy atom. The minimum absolute atomic E-state index is 0.0735. The van der Waals surface area contributed by atoms with E-state index in [1.165, 1.54) is 17.9 Å². The van der Waals surface area contributed by atoms with Gasteiger partial charge in [0.1, 0.15) is 5.69 Å². The van der Waals surface area contributed by atoms with Gasteiger partial charge in [0.25, 0.3) is 6.43 Å². The number of hydrogen-bond acceptors (Lipinski definition) is 3. The summed E-state index contributed by atoms with van der Waals surface area (Å²) in [6, 6.07) is 0. The lowest BCUT2D eigenvalue weighted by Gasteiger charge is -2.35. The van der Waals surface area contributed by atoms with Crippen molar-refractivity contribution in [1.29, 1.82) is 0 Å². The third-order valence-electron chi connectivity index (χ3n) is 3.80. The molecule has 0 aliphatic heterocycles. The summed E-state index contributed by atoms with van der Waals surface area (Å²) in [4.78, 5) is 11.6. The standard InChI is InChI=1S/C12H16F2N2O3/c1-16-6-8(9(15-16)10(13)14)12(11(18)19)4-2-7(17)3-5-12/h6-7,10,17H,2-5H2,1H3,(H,18,19). The minimum Gasteiger partial charge on any atom is -0.481 e. The Hall–Kier alpha value is -1.50. The van der Waals surface area contributed by atoms with Crippen LogP contribution in [0.1, 0.15) is 43.4 Å². The number of carbonyl (C=O) groups is 1. The van der Waals surface area contributed by atoms with Crippen molar-refractivity contribution < 1.29 is 23.8 Å². The fourth-order valence-corrected chi connectivity index (χ4v) is 2.73. The Kier molecular flexibility index (Phi) is 3.58. The highest BCUT2D eigenvalue weighted by Gasteiger charge is 2.46. The lowest BCUT2D eigenvalue weighted by Crippen LogP contribution is -2.41. The van der Waals surface area contributed by atoms with E-state index in [1.807, 2.05) is 0 Å². The molecule has 1 aliphatic carbocycles. The number of rotatable bonds is 3. The molecule has 106 valence electrons. The Bertz CT molecular complexity index is 479. The molecule has 1 aliphatic rings. The highest BCUT2D eigenvalue weighted by molar-refractivity contribution is 5.82. The van der Waals surface area contributed by atoms with Crippen LogP contribution in [0, 0.1) is 0 Å². The summed E-state index contributed by atoms with van der Waals surface area (Å²) < 4.78 is 27.2. The summed E-state index contributed by atoms with van der Waals surface area (Å²) in [6.07, 6.45) is -1.12. The molecule has 0 aromatic carbocycles. The predicted molar refractivity (Wildman–Crippen MR) is 62.0 cm³/mol. The molecule has 0 bridgehead atoms. The van der Waals surface area contributed by atoms with Gasteiger partial charge in [-0.15, -0.1) is 0 Å². The van der Waals surface area contributed by atoms with Gasteiger partial charge in [-0.25, -0.2) is 8.78 Å². The molecule has 0 saturated heterocycles. The van der Waals surface area contributed by atoms with Gasteiger partial charge in [0, 0.05) is 18.8 Å². The van der Waals surface area contributed by atoms with Gasteiger partial charge in [-0.2, -0.15) is 5.10 Å². The second kappa shape index (κ2) is 4.88. The van der Waals surface area contributed by atoms with E-state index in [9.17, 15) is 23.8 Å². The minimum atomic E-state index is -2.81. The zero-order chi connectivity index (χ0) is 14.2. The van der Waals surface area contributed by atoms with E-state index >= 15 is 0 Å². The van der Waals surface area contributed by atoms with Gasteiger partial charge in [-0.05, 0) is 25.7 Å². The highest BCUT2D eigenvalue weighted by atomic mass is 19.3. The van der Waals surface area contributed by atoms with Gasteiger partial charge in [0.05, 0.1) is 11.5 Å². The smallest absolute Gasteiger partial charge is 0.314 e. The number of halogens is 2. The van der Waals surface area contributed by atoms with Crippen LogP contribution in [0.2, 0.25) is 0 Å². The Morgan fingerprint density at radius 2 is 2.11 bits per heavy atom. The molecule has 0 radical (unpaired) electrons. The number of aliphatic hydroxyl groups excluding tert-OH is 1. The number of carboxylic acids is 1. The van der Waals surface area contributed by atoms with E-state index in [4.69, 9.17) is 0 Å². The lowest BCUT2D eigenvalue weighted by molar-refractivity contribution is -0.146. The van der Waals surface area contributed by atoms with Crippen LogP contribution in [0.5, 0.6) is 0 Å². The van der Waals surface area contributed by atoms with E-state index in [-0.39, 0.29) is 18.4 Å². The van der Waals surface area contributed by atoms with Crippen LogP contribution in [0.25, 0.3) is 0 Å². The van der Waals surface area contributed by atoms with Crippen molar-refractivity contribution >= 4 is 5.97 Å². The van der Waals surface area contributed by atoms with E-state index in [0.29, 0.717) is 12.8 Å². The number of aryl methyl sites for hydroxylation is 1. The van der Waals surface area contributed by atoms with Crippen LogP contribution >= 0.6 is 0 Å². The van der Waals surface area contributed by atoms with Gasteiger partial charge in [0.2, 0.25) is 0 Å². The third-order valence-corrected chi connectivity index (χ3v) is 3.80. The fraction of sp³-hybridized carbons (Fsp3) is 0.667. The average Bonchev–Trinajstić information content (AvgIpc) is 2.73. The number of hydrogen-bond donors (Lipinski definition) is 2. The molecule has 19 heavy (non-hydrogen) atoms. The highest BCUT2D eigenvalue weighted by Crippen LogP contribution is 2.42. The van der Waals surface area contributed by atoms with Crippen molar-refractivity contribution in [3.63, 3.8) is 0 Å². The van der Waals surface area contributed by atoms with Gasteiger partial charge in [0.15, 0.2) is 0 Å². The number of aromatic nitrogens is 2. The van der Waals surface area contributed by atoms with Crippen molar-refractivity contribution in [1.82, 2.24) is 9.78 Å². The molecular formula is C12H16F2N2O3. The first-order valence-corrected chi connectivity index (χ1v) is 6.10. The van der Waals surface area contributed by atoms with Crippen LogP contribution < -0.4 is 0 Å². The number of alkyl halides is 2. The number of aliphatic carboxylic acids is 1. The summed E-state index contributed by atoms with van der Waals surface area (Å²) in [6.45, 7) is 0. The summed E-state index contributed by atoms with van der Waals surface area (Å²) >= 11 is 0. The number of nitrogens with zero attached hydrogens (tertiary/aromatic N) is 2. The van der Waals surface area contributed by atoms with Crippen LogP contribution in [-0.2, 0) is 17.3 Å². The van der Waals surface area contributed by atoms with Crippen molar-refractivity contribution in [2.75, 3.05) is 0 Å². The van der Waals surface area contributed by atoms with Crippen molar-refractivity contribution in [3.05, 3.63) is 17.5 Å². The Labute approximate surface area is 108 Å². The molecule has 2 N–H and O–H groups in total. The van der Waals surface area contributed by atoms with Crippen molar-refractivity contribution in [2.45, 2.75) is 43.6 Å². The van der Waals surface area contributed by atoms with E-state index in [0.717, 1.165) is 0 Å². The predicted octanol–water partition coefficient (Wildman–Crippen LogP) is 1.61. The Morgan fingerprint density at radius 3 is 2.58 bits per heavy atom. The number of carboxylic acid groups (broad SMARTS) is 1. The first-order chi connectivity index (χ1) is 8.86. The Balaban J connectivity index is 2.48. The van der Waals surface area contributed by atoms with Crippen molar-refractivity contribution in [3.8, 4) is 0 Å². The molecule has 5 nitrogen and oxygen atoms in total. The van der Waals surface area contributed by atoms with Crippen LogP contribution in [0.15, 0.2) is 6.20 Å². The maximum absolute atomic E-state index is 13.0. The quantitative estimate of drug-likeness (QED) is 0.878. The molecule has 7 heteroatoms. The van der Waals surface area contributed by atoms with Crippen LogP contribution in [0.4, 0.5) is 8.78 Å². The van der Waals surface area contributed by atoms with Gasteiger partial charge < -0.3 is 10.2 Å². The summed E-state index contributed by atoms with van der Waals surface area (Å²) in [5, 5.41) is 22.6. The van der Waals surface area contributed by atoms with Crippen LogP contribution in [-0.4, -0.2) is 32.1 Å². The zero-order valence-corrected chi connectivity index (χ0v) is 10.5. The third kappa shape index (κ3) is 2.34. The first kappa shape index (κ1) is 13.9. The monoisotopic (exact) mass is 274 g/mol. The van der Waals surface area contributed by atoms with E-state index in [1.54, 1.807) is 0 Å². The lowest BCUT2D eigenvalue weighted by atomic mass is 9.68. The fourth-order valence-electron chi connectivity index (χ4n) is 2.73. The summed E-state index contributed by atoms with van der Waals surface area (Å²) in [5.41, 5.74) is -1.76. The molecule has 1 fully saturated rings. The normalized spacial score (nSPS) is 27.7. The maximum atomic E-state index is 13.0. The molecule has 2 rings (SSSR count). The largest absolute Gasteiger partial charge is 0.481 e. The molecule has 1 aromatic heterocycles. The SMILES string of the molecule is Cn1cc(C2(C(=O)O)CCC(O)CC2)c(C(F)F)n1. The molecule has 0 spiro atoms. The summed E-state index contributed by atoms with van der Waals surface area (Å²) in [7, 11) is 1.49. The topological polar surface area (TPSA) is 75.4 Å². The molecule has 0 atom stereocenters. The van der Waals surface area contributed by atoms with Gasteiger partial charge in [-0.1, -0.05) is 0 Å². The summed E-state index contributed by atoms with van der Waals surface area (Å²) in [5.74, 6) is -1.13. The molecule has 0 amide bonds. The van der Waals surface area contributed by atoms with Gasteiger partial charge >= 0.3 is 5.97 Å². The molecule has 0 unspecified atom stereocenters. The molecule has 1 saturated carbocycles. The van der Waals surface area contributed by atoms with Gasteiger partial charge in [-0.3, -0.25) is 9.48 Å². The van der Waals surface area contributed by atoms with Crippen LogP contribution in [0.3, 0.4) is 0 Å². The molecular weight excluding hydrogens is 258 g/mol. The first-order valence-electron chi connectivity index (χ1n) is 6.10. The second-order valence-electron chi connectivity index (χ2n) is 5.02. The average molecular weight is 274 g/mol. The molecule has 1 heterocycles. The zero-order valence-electron chi connectivity index (χ0n) is 10.5. The van der Waals surface area contributed by atoms with E-state index in [2.05, 4.69) is 5.10 Å².